The van der Waals surface area contributed by atoms with Crippen molar-refractivity contribution in [3.05, 3.63) is 158 Å². The SMILES string of the molecule is COCCc1cc2ccc3c(c2oc1=O)[C@@H]1OC(=O)C[C@H](CCc2cccc(Cc4ccccc4)c2)Cc2ccc(cc2)CCC(=C(C)C)C(=O)O[C@@H]1[C@](C)(C1CCCCC1)O3. The van der Waals surface area contributed by atoms with E-state index in [0.717, 1.165) is 68.1 Å². The van der Waals surface area contributed by atoms with Gasteiger partial charge in [-0.25, -0.2) is 9.59 Å². The monoisotopic (exact) mass is 836 g/mol. The highest BCUT2D eigenvalue weighted by molar-refractivity contribution is 5.90. The molecule has 8 heteroatoms. The van der Waals surface area contributed by atoms with Gasteiger partial charge in [-0.05, 0) is 124 Å². The normalized spacial score (nSPS) is 22.3. The van der Waals surface area contributed by atoms with Crippen LogP contribution in [0, 0.1) is 11.8 Å². The molecule has 0 amide bonds. The fraction of sp³-hybridized carbons (Fsp3) is 0.426. The molecule has 1 aliphatic carbocycles. The summed E-state index contributed by atoms with van der Waals surface area (Å²) in [4.78, 5) is 43.0. The molecule has 5 aromatic rings. The molecule has 2 bridgehead atoms. The minimum atomic E-state index is -1.10. The van der Waals surface area contributed by atoms with Crippen LogP contribution in [-0.4, -0.2) is 37.4 Å². The molecule has 0 unspecified atom stereocenters. The number of allylic oxidation sites excluding steroid dienone is 1. The number of ether oxygens (including phenoxy) is 4. The Morgan fingerprint density at radius 2 is 1.50 bits per heavy atom. The third kappa shape index (κ3) is 9.76. The first kappa shape index (κ1) is 43.2. The summed E-state index contributed by atoms with van der Waals surface area (Å²) in [6, 6.07) is 33.4. The number of benzene rings is 4. The summed E-state index contributed by atoms with van der Waals surface area (Å²) in [6.45, 7) is 6.24. The van der Waals surface area contributed by atoms with Crippen LogP contribution >= 0.6 is 0 Å². The molecule has 0 saturated heterocycles. The van der Waals surface area contributed by atoms with Crippen molar-refractivity contribution in [1.82, 2.24) is 0 Å². The van der Waals surface area contributed by atoms with Gasteiger partial charge < -0.3 is 23.4 Å². The Morgan fingerprint density at radius 1 is 0.758 bits per heavy atom. The van der Waals surface area contributed by atoms with Gasteiger partial charge in [-0.2, -0.15) is 0 Å². The van der Waals surface area contributed by atoms with Crippen molar-refractivity contribution in [2.45, 2.75) is 122 Å². The fourth-order valence-corrected chi connectivity index (χ4v) is 10.00. The number of esters is 2. The van der Waals surface area contributed by atoms with E-state index in [1.807, 2.05) is 45.0 Å². The lowest BCUT2D eigenvalue weighted by molar-refractivity contribution is -0.201. The summed E-state index contributed by atoms with van der Waals surface area (Å²) in [5.41, 5.74) is 7.10. The zero-order valence-electron chi connectivity index (χ0n) is 36.7. The summed E-state index contributed by atoms with van der Waals surface area (Å²) in [7, 11) is 1.59. The van der Waals surface area contributed by atoms with Gasteiger partial charge in [-0.3, -0.25) is 4.79 Å². The summed E-state index contributed by atoms with van der Waals surface area (Å²) < 4.78 is 32.0. The molecule has 324 valence electrons. The van der Waals surface area contributed by atoms with Crippen molar-refractivity contribution < 1.29 is 33.0 Å². The van der Waals surface area contributed by atoms with Gasteiger partial charge in [0, 0.05) is 42.4 Å². The molecular weight excluding hydrogens is 777 g/mol. The lowest BCUT2D eigenvalue weighted by Gasteiger charge is -2.49. The Balaban J connectivity index is 1.19. The molecule has 1 aromatic heterocycles. The van der Waals surface area contributed by atoms with Crippen molar-refractivity contribution in [3.8, 4) is 5.75 Å². The zero-order chi connectivity index (χ0) is 43.2. The fourth-order valence-electron chi connectivity index (χ4n) is 10.00. The molecule has 3 aliphatic heterocycles. The Bertz CT molecular complexity index is 2450. The number of fused-ring (bicyclic) bond motifs is 13. The van der Waals surface area contributed by atoms with Crippen LogP contribution in [0.25, 0.3) is 11.0 Å². The Labute approximate surface area is 365 Å². The summed E-state index contributed by atoms with van der Waals surface area (Å²) in [6.07, 6.45) is 7.60. The first-order valence-electron chi connectivity index (χ1n) is 22.6. The molecule has 0 spiro atoms. The molecule has 8 nitrogen and oxygen atoms in total. The number of rotatable bonds is 9. The van der Waals surface area contributed by atoms with E-state index in [4.69, 9.17) is 23.4 Å². The number of hydrogen-bond acceptors (Lipinski definition) is 8. The van der Waals surface area contributed by atoms with Gasteiger partial charge in [0.05, 0.1) is 12.2 Å². The topological polar surface area (TPSA) is 101 Å². The minimum absolute atomic E-state index is 0.0200. The van der Waals surface area contributed by atoms with Crippen LogP contribution in [0.1, 0.15) is 117 Å². The Kier molecular flexibility index (Phi) is 13.4. The molecule has 4 aliphatic rings. The highest BCUT2D eigenvalue weighted by Gasteiger charge is 2.56. The van der Waals surface area contributed by atoms with Gasteiger partial charge in [0.1, 0.15) is 16.9 Å². The van der Waals surface area contributed by atoms with Gasteiger partial charge in [-0.15, -0.1) is 0 Å². The molecule has 9 rings (SSSR count). The van der Waals surface area contributed by atoms with E-state index in [0.29, 0.717) is 60.1 Å². The van der Waals surface area contributed by atoms with Crippen LogP contribution in [0.4, 0.5) is 0 Å². The number of hydrogen-bond donors (Lipinski definition) is 0. The zero-order valence-corrected chi connectivity index (χ0v) is 36.7. The molecule has 4 atom stereocenters. The van der Waals surface area contributed by atoms with Crippen molar-refractivity contribution in [1.29, 1.82) is 0 Å². The van der Waals surface area contributed by atoms with E-state index < -0.39 is 35.4 Å². The van der Waals surface area contributed by atoms with Crippen LogP contribution in [0.5, 0.6) is 5.75 Å². The highest BCUT2D eigenvalue weighted by Crippen LogP contribution is 2.52. The molecule has 4 aromatic carbocycles. The van der Waals surface area contributed by atoms with Gasteiger partial charge in [-0.1, -0.05) is 104 Å². The molecule has 4 heterocycles. The average molecular weight is 837 g/mol. The predicted molar refractivity (Wildman–Crippen MR) is 241 cm³/mol. The third-order valence-corrected chi connectivity index (χ3v) is 13.5. The van der Waals surface area contributed by atoms with E-state index in [1.54, 1.807) is 7.11 Å². The molecular formula is C54H60O8. The second-order valence-electron chi connectivity index (χ2n) is 18.1. The van der Waals surface area contributed by atoms with Crippen LogP contribution < -0.4 is 10.4 Å². The first-order valence-corrected chi connectivity index (χ1v) is 22.6. The molecule has 62 heavy (non-hydrogen) atoms. The van der Waals surface area contributed by atoms with Gasteiger partial charge in [0.2, 0.25) is 0 Å². The lowest BCUT2D eigenvalue weighted by atomic mass is 9.71. The number of carbonyl (C=O) groups excluding carboxylic acids is 2. The first-order chi connectivity index (χ1) is 30.1. The summed E-state index contributed by atoms with van der Waals surface area (Å²) in [5, 5.41) is 0.660. The van der Waals surface area contributed by atoms with E-state index in [1.165, 1.54) is 16.7 Å². The quantitative estimate of drug-likeness (QED) is 0.0822. The van der Waals surface area contributed by atoms with Crippen LogP contribution in [0.2, 0.25) is 0 Å². The minimum Gasteiger partial charge on any atom is -0.483 e. The van der Waals surface area contributed by atoms with Crippen molar-refractivity contribution >= 4 is 22.9 Å². The maximum absolute atomic E-state index is 14.8. The van der Waals surface area contributed by atoms with Gasteiger partial charge >= 0.3 is 17.6 Å². The van der Waals surface area contributed by atoms with Crippen LogP contribution in [0.15, 0.2) is 117 Å². The maximum Gasteiger partial charge on any atom is 0.339 e. The van der Waals surface area contributed by atoms with E-state index >= 15 is 0 Å². The summed E-state index contributed by atoms with van der Waals surface area (Å²) >= 11 is 0. The maximum atomic E-state index is 14.8. The smallest absolute Gasteiger partial charge is 0.339 e. The molecule has 1 saturated carbocycles. The predicted octanol–water partition coefficient (Wildman–Crippen LogP) is 11.0. The van der Waals surface area contributed by atoms with Crippen LogP contribution in [-0.2, 0) is 55.9 Å². The Hall–Kier alpha value is -5.47. The van der Waals surface area contributed by atoms with Crippen molar-refractivity contribution in [3.63, 3.8) is 0 Å². The second-order valence-corrected chi connectivity index (χ2v) is 18.1. The number of methoxy groups -OCH3 is 1. The van der Waals surface area contributed by atoms with Crippen LogP contribution in [0.3, 0.4) is 0 Å². The Morgan fingerprint density at radius 3 is 2.26 bits per heavy atom. The van der Waals surface area contributed by atoms with Crippen molar-refractivity contribution in [2.75, 3.05) is 13.7 Å². The van der Waals surface area contributed by atoms with Gasteiger partial charge in [0.25, 0.3) is 0 Å². The third-order valence-electron chi connectivity index (χ3n) is 13.5. The van der Waals surface area contributed by atoms with E-state index in [-0.39, 0.29) is 23.8 Å². The molecule has 0 N–H and O–H groups in total. The largest absolute Gasteiger partial charge is 0.483 e. The second kappa shape index (κ2) is 19.3. The van der Waals surface area contributed by atoms with E-state index in [2.05, 4.69) is 72.8 Å². The number of aryl methyl sites for hydroxylation is 2. The van der Waals surface area contributed by atoms with E-state index in [9.17, 15) is 14.4 Å². The highest BCUT2D eigenvalue weighted by atomic mass is 16.6. The lowest BCUT2D eigenvalue weighted by Crippen LogP contribution is -2.58. The summed E-state index contributed by atoms with van der Waals surface area (Å²) in [5.74, 6) is -0.418. The molecule has 0 radical (unpaired) electrons. The average Bonchev–Trinajstić information content (AvgIpc) is 3.27. The standard InChI is InChI=1S/C54H60O8/c1-35(2)45-26-24-36-18-20-39(21-19-36)32-41(23-22-38-14-11-15-40(31-38)30-37-12-7-5-8-13-37)33-47(55)59-50-48-46(27-25-42-34-43(28-29-58-4)52(56)60-49(42)48)62-54(3,51(50)61-53(45)57)44-16-9-6-10-17-44/h5,7-8,11-15,18-21,25,27,31,34,41,44,50-51H,6,9-10,16-17,22-24,26,28-30,32-33H2,1-4H3/t41-,50+,51+,54+/m1/s1. The van der Waals surface area contributed by atoms with Crippen molar-refractivity contribution in [2.24, 2.45) is 11.8 Å². The number of carbonyl (C=O) groups is 2. The molecule has 1 fully saturated rings. The van der Waals surface area contributed by atoms with Gasteiger partial charge in [0.15, 0.2) is 12.2 Å².